The van der Waals surface area contributed by atoms with E-state index in [1.807, 2.05) is 0 Å². The van der Waals surface area contributed by atoms with E-state index in [9.17, 15) is 0 Å². The SMILES string of the molecule is O/C=C/OCCN=CCOCCO. The van der Waals surface area contributed by atoms with Crippen LogP contribution < -0.4 is 0 Å². The van der Waals surface area contributed by atoms with Gasteiger partial charge >= 0.3 is 0 Å². The zero-order chi connectivity index (χ0) is 9.78. The first-order valence-electron chi connectivity index (χ1n) is 3.99. The van der Waals surface area contributed by atoms with Gasteiger partial charge in [0.1, 0.15) is 19.1 Å². The minimum Gasteiger partial charge on any atom is -0.512 e. The molecule has 0 amide bonds. The minimum atomic E-state index is 0.0260. The maximum Gasteiger partial charge on any atom is 0.117 e. The Morgan fingerprint density at radius 3 is 2.85 bits per heavy atom. The zero-order valence-corrected chi connectivity index (χ0v) is 7.43. The summed E-state index contributed by atoms with van der Waals surface area (Å²) in [7, 11) is 0. The van der Waals surface area contributed by atoms with Crippen molar-refractivity contribution in [1.29, 1.82) is 0 Å². The molecule has 0 radical (unpaired) electrons. The highest BCUT2D eigenvalue weighted by atomic mass is 16.5. The predicted molar refractivity (Wildman–Crippen MR) is 49.0 cm³/mol. The highest BCUT2D eigenvalue weighted by Gasteiger charge is 1.82. The number of aliphatic imine (C=N–C) groups is 1. The van der Waals surface area contributed by atoms with Gasteiger partial charge in [0.05, 0.1) is 26.4 Å². The Balaban J connectivity index is 3.03. The molecule has 2 N–H and O–H groups in total. The summed E-state index contributed by atoms with van der Waals surface area (Å²) in [5.41, 5.74) is 0. The van der Waals surface area contributed by atoms with Gasteiger partial charge < -0.3 is 19.7 Å². The molecular weight excluding hydrogens is 174 g/mol. The Morgan fingerprint density at radius 2 is 2.15 bits per heavy atom. The number of nitrogens with zero attached hydrogens (tertiary/aromatic N) is 1. The number of ether oxygens (including phenoxy) is 2. The van der Waals surface area contributed by atoms with E-state index in [2.05, 4.69) is 4.99 Å². The standard InChI is InChI=1S/C8H15NO4/c10-3-7-12-5-1-9-2-6-13-8-4-11/h1,4,8,10-11H,2-3,5-7H2/b8-4+,9-1?. The number of aliphatic hydroxyl groups is 2. The smallest absolute Gasteiger partial charge is 0.117 e. The van der Waals surface area contributed by atoms with Crippen LogP contribution >= 0.6 is 0 Å². The van der Waals surface area contributed by atoms with Gasteiger partial charge in [-0.2, -0.15) is 0 Å². The summed E-state index contributed by atoms with van der Waals surface area (Å²) in [6, 6.07) is 0. The molecule has 0 aromatic rings. The molecule has 5 heteroatoms. The molecule has 76 valence electrons. The molecule has 0 saturated carbocycles. The summed E-state index contributed by atoms with van der Waals surface area (Å²) in [4.78, 5) is 3.94. The summed E-state index contributed by atoms with van der Waals surface area (Å²) in [6.07, 6.45) is 3.63. The van der Waals surface area contributed by atoms with Crippen LogP contribution in [0.2, 0.25) is 0 Å². The van der Waals surface area contributed by atoms with Crippen LogP contribution in [0.15, 0.2) is 17.5 Å². The normalized spacial score (nSPS) is 11.5. The third-order valence-corrected chi connectivity index (χ3v) is 1.05. The van der Waals surface area contributed by atoms with Crippen LogP contribution in [0.1, 0.15) is 0 Å². The quantitative estimate of drug-likeness (QED) is 0.323. The molecule has 0 spiro atoms. The second kappa shape index (κ2) is 10.9. The average molecular weight is 189 g/mol. The largest absolute Gasteiger partial charge is 0.512 e. The molecule has 0 aliphatic carbocycles. The van der Waals surface area contributed by atoms with E-state index in [1.54, 1.807) is 6.21 Å². The Hall–Kier alpha value is -1.07. The maximum absolute atomic E-state index is 8.35. The zero-order valence-electron chi connectivity index (χ0n) is 7.43. The molecule has 0 rings (SSSR count). The van der Waals surface area contributed by atoms with Gasteiger partial charge in [-0.25, -0.2) is 0 Å². The molecule has 0 aliphatic rings. The predicted octanol–water partition coefficient (Wildman–Crippen LogP) is 0.112. The van der Waals surface area contributed by atoms with Crippen LogP contribution in [0.25, 0.3) is 0 Å². The van der Waals surface area contributed by atoms with Crippen molar-refractivity contribution >= 4 is 6.21 Å². The van der Waals surface area contributed by atoms with Gasteiger partial charge in [0.2, 0.25) is 0 Å². The first-order chi connectivity index (χ1) is 6.41. The van der Waals surface area contributed by atoms with Crippen molar-refractivity contribution in [3.8, 4) is 0 Å². The van der Waals surface area contributed by atoms with Gasteiger partial charge in [-0.15, -0.1) is 0 Å². The maximum atomic E-state index is 8.35. The number of aliphatic hydroxyl groups excluding tert-OH is 2. The van der Waals surface area contributed by atoms with Gasteiger partial charge in [-0.3, -0.25) is 4.99 Å². The van der Waals surface area contributed by atoms with E-state index >= 15 is 0 Å². The second-order valence-corrected chi connectivity index (χ2v) is 2.04. The van der Waals surface area contributed by atoms with Crippen molar-refractivity contribution < 1.29 is 19.7 Å². The molecule has 13 heavy (non-hydrogen) atoms. The molecule has 0 aromatic carbocycles. The van der Waals surface area contributed by atoms with Crippen LogP contribution in [0.5, 0.6) is 0 Å². The van der Waals surface area contributed by atoms with Crippen molar-refractivity contribution in [1.82, 2.24) is 0 Å². The van der Waals surface area contributed by atoms with Gasteiger partial charge in [0.15, 0.2) is 0 Å². The molecule has 0 fully saturated rings. The highest BCUT2D eigenvalue weighted by molar-refractivity contribution is 5.58. The van der Waals surface area contributed by atoms with E-state index < -0.39 is 0 Å². The topological polar surface area (TPSA) is 71.3 Å². The highest BCUT2D eigenvalue weighted by Crippen LogP contribution is 1.77. The van der Waals surface area contributed by atoms with Gasteiger partial charge in [-0.1, -0.05) is 0 Å². The lowest BCUT2D eigenvalue weighted by Crippen LogP contribution is -2.02. The summed E-state index contributed by atoms with van der Waals surface area (Å²) < 4.78 is 9.70. The first kappa shape index (κ1) is 11.9. The van der Waals surface area contributed by atoms with E-state index in [0.717, 1.165) is 6.26 Å². The van der Waals surface area contributed by atoms with E-state index in [-0.39, 0.29) is 6.61 Å². The van der Waals surface area contributed by atoms with E-state index in [1.165, 1.54) is 6.26 Å². The van der Waals surface area contributed by atoms with Crippen LogP contribution in [0, 0.1) is 0 Å². The monoisotopic (exact) mass is 189 g/mol. The Kier molecular flexibility index (Phi) is 10.0. The van der Waals surface area contributed by atoms with Crippen molar-refractivity contribution in [2.24, 2.45) is 4.99 Å². The molecule has 0 saturated heterocycles. The van der Waals surface area contributed by atoms with Gasteiger partial charge in [0.25, 0.3) is 0 Å². The number of rotatable bonds is 8. The lowest BCUT2D eigenvalue weighted by atomic mass is 10.7. The minimum absolute atomic E-state index is 0.0260. The summed E-state index contributed by atoms with van der Waals surface area (Å²) in [6.45, 7) is 1.70. The number of hydrogen-bond acceptors (Lipinski definition) is 5. The average Bonchev–Trinajstić information content (AvgIpc) is 2.16. The van der Waals surface area contributed by atoms with Crippen LogP contribution in [0.3, 0.4) is 0 Å². The fourth-order valence-corrected chi connectivity index (χ4v) is 0.561. The van der Waals surface area contributed by atoms with Gasteiger partial charge in [0, 0.05) is 6.21 Å². The Bertz CT molecular complexity index is 147. The molecule has 5 nitrogen and oxygen atoms in total. The fourth-order valence-electron chi connectivity index (χ4n) is 0.561. The van der Waals surface area contributed by atoms with Crippen molar-refractivity contribution in [2.45, 2.75) is 0 Å². The molecule has 0 bridgehead atoms. The molecule has 0 aliphatic heterocycles. The molecule has 0 aromatic heterocycles. The summed E-state index contributed by atoms with van der Waals surface area (Å²) >= 11 is 0. The van der Waals surface area contributed by atoms with Crippen molar-refractivity contribution in [3.05, 3.63) is 12.5 Å². The summed E-state index contributed by atoms with van der Waals surface area (Å²) in [5.74, 6) is 0. The van der Waals surface area contributed by atoms with Crippen LogP contribution in [0.4, 0.5) is 0 Å². The van der Waals surface area contributed by atoms with Crippen LogP contribution in [-0.4, -0.2) is 49.4 Å². The van der Waals surface area contributed by atoms with E-state index in [4.69, 9.17) is 19.7 Å². The Labute approximate surface area is 77.3 Å². The lowest BCUT2D eigenvalue weighted by molar-refractivity contribution is 0.119. The van der Waals surface area contributed by atoms with Crippen molar-refractivity contribution in [2.75, 3.05) is 33.0 Å². The first-order valence-corrected chi connectivity index (χ1v) is 3.99. The summed E-state index contributed by atoms with van der Waals surface area (Å²) in [5, 5.41) is 16.5. The third-order valence-electron chi connectivity index (χ3n) is 1.05. The second-order valence-electron chi connectivity index (χ2n) is 2.04. The van der Waals surface area contributed by atoms with E-state index in [0.29, 0.717) is 26.4 Å². The lowest BCUT2D eigenvalue weighted by Gasteiger charge is -1.96. The van der Waals surface area contributed by atoms with Gasteiger partial charge in [-0.05, 0) is 0 Å². The molecule has 0 unspecified atom stereocenters. The van der Waals surface area contributed by atoms with Crippen molar-refractivity contribution in [3.63, 3.8) is 0 Å². The third kappa shape index (κ3) is 10.9. The van der Waals surface area contributed by atoms with Crippen LogP contribution in [-0.2, 0) is 9.47 Å². The molecular formula is C8H15NO4. The molecule has 0 heterocycles. The Morgan fingerprint density at radius 1 is 1.31 bits per heavy atom. The fraction of sp³-hybridized carbons (Fsp3) is 0.625. The molecule has 0 atom stereocenters. The number of hydrogen-bond donors (Lipinski definition) is 2.